The average molecular weight is 666 g/mol. The highest BCUT2D eigenvalue weighted by atomic mass is 16.4. The summed E-state index contributed by atoms with van der Waals surface area (Å²) in [5.74, 6) is 6.67. The fourth-order valence-corrected chi connectivity index (χ4v) is 3.74. The van der Waals surface area contributed by atoms with Crippen molar-refractivity contribution in [2.45, 2.75) is 152 Å². The van der Waals surface area contributed by atoms with E-state index in [2.05, 4.69) is 131 Å². The van der Waals surface area contributed by atoms with E-state index in [-0.39, 0.29) is 11.1 Å². The van der Waals surface area contributed by atoms with Gasteiger partial charge in [-0.05, 0) is 59.1 Å². The normalized spacial score (nSPS) is 14.2. The lowest BCUT2D eigenvalue weighted by Gasteiger charge is -2.32. The van der Waals surface area contributed by atoms with Crippen molar-refractivity contribution in [1.29, 1.82) is 0 Å². The summed E-state index contributed by atoms with van der Waals surface area (Å²) >= 11 is 0. The molecular formula is C36H63N11O. The Morgan fingerprint density at radius 2 is 1.40 bits per heavy atom. The van der Waals surface area contributed by atoms with Crippen molar-refractivity contribution >= 4 is 5.84 Å². The molecule has 3 N–H and O–H groups in total. The Morgan fingerprint density at radius 1 is 0.750 bits per heavy atom. The average Bonchev–Trinajstić information content (AvgIpc) is 3.79. The molecule has 0 spiro atoms. The van der Waals surface area contributed by atoms with Crippen LogP contribution in [0.1, 0.15) is 161 Å². The van der Waals surface area contributed by atoms with E-state index in [9.17, 15) is 0 Å². The van der Waals surface area contributed by atoms with Gasteiger partial charge in [0.1, 0.15) is 11.7 Å². The van der Waals surface area contributed by atoms with Crippen LogP contribution in [0.5, 0.6) is 0 Å². The summed E-state index contributed by atoms with van der Waals surface area (Å²) in [5, 5.41) is 24.3. The number of nitrogens with one attached hydrogen (secondary N) is 3. The summed E-state index contributed by atoms with van der Waals surface area (Å²) in [6.07, 6.45) is 3.70. The molecule has 0 aliphatic carbocycles. The number of hydrogen-bond donors (Lipinski definition) is 3. The summed E-state index contributed by atoms with van der Waals surface area (Å²) < 4.78 is 5.12. The van der Waals surface area contributed by atoms with Crippen LogP contribution in [-0.4, -0.2) is 62.7 Å². The van der Waals surface area contributed by atoms with Crippen LogP contribution in [0.2, 0.25) is 0 Å². The molecule has 4 aromatic heterocycles. The van der Waals surface area contributed by atoms with Gasteiger partial charge in [-0.3, -0.25) is 9.98 Å². The maximum absolute atomic E-state index is 5.12. The number of pyridine rings is 1. The first-order chi connectivity index (χ1) is 22.2. The molecule has 0 fully saturated rings. The van der Waals surface area contributed by atoms with Crippen molar-refractivity contribution in [2.24, 2.45) is 10.9 Å². The Morgan fingerprint density at radius 3 is 1.62 bits per heavy atom. The van der Waals surface area contributed by atoms with Gasteiger partial charge in [0.05, 0.1) is 16.8 Å². The number of tetrazole rings is 1. The lowest BCUT2D eigenvalue weighted by Crippen LogP contribution is -2.50. The van der Waals surface area contributed by atoms with E-state index in [1.165, 1.54) is 11.3 Å². The molecule has 268 valence electrons. The first-order valence-corrected chi connectivity index (χ1v) is 17.0. The summed E-state index contributed by atoms with van der Waals surface area (Å²) in [5.41, 5.74) is 3.71. The molecule has 0 atom stereocenters. The minimum Gasteiger partial charge on any atom is -0.425 e. The van der Waals surface area contributed by atoms with Gasteiger partial charge in [0.15, 0.2) is 5.82 Å². The number of aliphatic imine (C=N–C) groups is 1. The Balaban J connectivity index is 0.000000302. The number of aromatic nitrogens is 9. The van der Waals surface area contributed by atoms with E-state index in [1.807, 2.05) is 53.8 Å². The van der Waals surface area contributed by atoms with Crippen LogP contribution in [0.25, 0.3) is 0 Å². The molecule has 1 aliphatic heterocycles. The van der Waals surface area contributed by atoms with Crippen molar-refractivity contribution in [3.63, 3.8) is 0 Å². The smallest absolute Gasteiger partial charge is 0.219 e. The van der Waals surface area contributed by atoms with Gasteiger partial charge in [0.25, 0.3) is 0 Å². The number of nitrogens with zero attached hydrogens (tertiary/aromatic N) is 8. The monoisotopic (exact) mass is 666 g/mol. The molecule has 0 unspecified atom stereocenters. The highest BCUT2D eigenvalue weighted by Gasteiger charge is 2.42. The van der Waals surface area contributed by atoms with Crippen LogP contribution in [0.3, 0.4) is 0 Å². The predicted octanol–water partition coefficient (Wildman–Crippen LogP) is 8.38. The van der Waals surface area contributed by atoms with E-state index >= 15 is 0 Å². The highest BCUT2D eigenvalue weighted by molar-refractivity contribution is 5.87. The van der Waals surface area contributed by atoms with Gasteiger partial charge >= 0.3 is 0 Å². The van der Waals surface area contributed by atoms with Gasteiger partial charge in [-0.25, -0.2) is 4.98 Å². The van der Waals surface area contributed by atoms with Crippen LogP contribution >= 0.6 is 0 Å². The van der Waals surface area contributed by atoms with Crippen LogP contribution in [0, 0.1) is 26.7 Å². The van der Waals surface area contributed by atoms with Gasteiger partial charge in [0, 0.05) is 48.7 Å². The summed E-state index contributed by atoms with van der Waals surface area (Å²) in [6.45, 7) is 35.6. The molecule has 0 bridgehead atoms. The van der Waals surface area contributed by atoms with Gasteiger partial charge in [-0.2, -0.15) is 5.21 Å². The molecule has 12 heteroatoms. The SMILES string of the molecule is CC(C)C1=NC(C)(C)C(C)(C)N1.CC(C)c1cccnc1.CC(C)c1nn[nH]n1.Cc1nc(C(C)C)[nH]c1C.Cc1nnc(C(C)C)o1. The number of imidazole rings is 1. The first-order valence-electron chi connectivity index (χ1n) is 17.0. The second kappa shape index (κ2) is 19.1. The highest BCUT2D eigenvalue weighted by Crippen LogP contribution is 2.31. The maximum Gasteiger partial charge on any atom is 0.219 e. The number of aryl methyl sites for hydroxylation is 3. The molecule has 1 aliphatic rings. The van der Waals surface area contributed by atoms with Crippen molar-refractivity contribution < 1.29 is 4.42 Å². The zero-order valence-corrected chi connectivity index (χ0v) is 32.7. The van der Waals surface area contributed by atoms with E-state index in [1.54, 1.807) is 13.1 Å². The Bertz CT molecular complexity index is 1440. The molecule has 0 amide bonds. The lowest BCUT2D eigenvalue weighted by molar-refractivity contribution is 0.309. The van der Waals surface area contributed by atoms with Crippen molar-refractivity contribution in [1.82, 2.24) is 51.1 Å². The van der Waals surface area contributed by atoms with Gasteiger partial charge in [0.2, 0.25) is 11.8 Å². The van der Waals surface area contributed by atoms with Gasteiger partial charge < -0.3 is 14.7 Å². The van der Waals surface area contributed by atoms with Crippen LogP contribution in [-0.2, 0) is 0 Å². The third-order valence-electron chi connectivity index (χ3n) is 7.87. The molecule has 4 aromatic rings. The standard InChI is InChI=1S/C10H20N2.C8H14N2.C8H11N.C6H10N2O.C4H8N4/c1-7(2)8-11-9(3,4)10(5,6)12-8;1-5(2)8-9-6(3)7(4)10-8;1-7(2)8-4-3-5-9-6-8;1-4(2)6-8-7-5(3)9-6;1-3(2)4-5-7-8-6-4/h7H,1-6H3,(H,11,12);5H,1-4H3,(H,9,10);3-7H,1-2H3;4H,1-3H3;3H,1-2H3,(H,5,6,7,8). The van der Waals surface area contributed by atoms with Crippen LogP contribution in [0.4, 0.5) is 0 Å². The van der Waals surface area contributed by atoms with E-state index < -0.39 is 0 Å². The van der Waals surface area contributed by atoms with Gasteiger partial charge in [-0.15, -0.1) is 20.4 Å². The van der Waals surface area contributed by atoms with Crippen LogP contribution < -0.4 is 5.32 Å². The third kappa shape index (κ3) is 14.0. The topological polar surface area (TPSA) is 159 Å². The number of amidine groups is 1. The summed E-state index contributed by atoms with van der Waals surface area (Å²) in [4.78, 5) is 16.3. The Kier molecular flexibility index (Phi) is 16.8. The molecule has 5 rings (SSSR count). The summed E-state index contributed by atoms with van der Waals surface area (Å²) in [6, 6.07) is 4.06. The molecule has 0 saturated heterocycles. The number of hydrogen-bond acceptors (Lipinski definition) is 10. The third-order valence-corrected chi connectivity index (χ3v) is 7.87. The zero-order chi connectivity index (χ0) is 36.8. The first kappa shape index (κ1) is 42.1. The van der Waals surface area contributed by atoms with Crippen molar-refractivity contribution in [3.05, 3.63) is 64.9 Å². The fourth-order valence-electron chi connectivity index (χ4n) is 3.74. The molecule has 12 nitrogen and oxygen atoms in total. The minimum absolute atomic E-state index is 0.0204. The molecule has 5 heterocycles. The molecule has 0 saturated carbocycles. The molecular weight excluding hydrogens is 602 g/mol. The Hall–Kier alpha value is -3.96. The number of H-pyrrole nitrogens is 2. The van der Waals surface area contributed by atoms with E-state index in [4.69, 9.17) is 4.42 Å². The Labute approximate surface area is 289 Å². The summed E-state index contributed by atoms with van der Waals surface area (Å²) in [7, 11) is 0. The number of aromatic amines is 2. The molecule has 0 radical (unpaired) electrons. The maximum atomic E-state index is 5.12. The zero-order valence-electron chi connectivity index (χ0n) is 32.7. The largest absolute Gasteiger partial charge is 0.425 e. The minimum atomic E-state index is 0.0204. The van der Waals surface area contributed by atoms with Crippen molar-refractivity contribution in [3.8, 4) is 0 Å². The van der Waals surface area contributed by atoms with Gasteiger partial charge in [-0.1, -0.05) is 80.5 Å². The fraction of sp³-hybridized carbons (Fsp3) is 0.667. The quantitative estimate of drug-likeness (QED) is 0.190. The second-order valence-electron chi connectivity index (χ2n) is 14.6. The predicted molar refractivity (Wildman–Crippen MR) is 195 cm³/mol. The van der Waals surface area contributed by atoms with Crippen LogP contribution in [0.15, 0.2) is 33.9 Å². The molecule has 48 heavy (non-hydrogen) atoms. The van der Waals surface area contributed by atoms with E-state index in [0.717, 1.165) is 23.2 Å². The lowest BCUT2D eigenvalue weighted by atomic mass is 9.85. The molecule has 0 aromatic carbocycles. The van der Waals surface area contributed by atoms with E-state index in [0.29, 0.717) is 41.4 Å². The second-order valence-corrected chi connectivity index (χ2v) is 14.6. The number of rotatable bonds is 5. The van der Waals surface area contributed by atoms with Crippen molar-refractivity contribution in [2.75, 3.05) is 0 Å².